The summed E-state index contributed by atoms with van der Waals surface area (Å²) in [7, 11) is 1.70. The fourth-order valence-electron chi connectivity index (χ4n) is 4.45. The Labute approximate surface area is 210 Å². The number of aliphatic hydroxyl groups is 1. The standard InChI is InChI=1S/C24H40N4O3.HI/c1-3-25-23(27-18-24(10-14-29)11-15-31-19-24)26-16-20-8-12-28(13-9-20)17-21-4-6-22(30-2)7-5-21;/h4-7,20,29H,3,8-19H2,1-2H3,(H2,25,26,27);1H. The summed E-state index contributed by atoms with van der Waals surface area (Å²) in [6.45, 7) is 9.51. The van der Waals surface area contributed by atoms with Crippen molar-refractivity contribution in [2.75, 3.05) is 59.7 Å². The van der Waals surface area contributed by atoms with Crippen molar-refractivity contribution >= 4 is 29.9 Å². The van der Waals surface area contributed by atoms with Crippen LogP contribution in [0.2, 0.25) is 0 Å². The number of rotatable bonds is 10. The monoisotopic (exact) mass is 560 g/mol. The van der Waals surface area contributed by atoms with E-state index in [0.29, 0.717) is 19.1 Å². The van der Waals surface area contributed by atoms with E-state index in [9.17, 15) is 5.11 Å². The number of guanidine groups is 1. The zero-order valence-corrected chi connectivity index (χ0v) is 22.0. The summed E-state index contributed by atoms with van der Waals surface area (Å²) in [5, 5.41) is 16.4. The molecular formula is C24H41IN4O3. The number of likely N-dealkylation sites (tertiary alicyclic amines) is 1. The first-order chi connectivity index (χ1) is 15.2. The fourth-order valence-corrected chi connectivity index (χ4v) is 4.45. The number of ether oxygens (including phenoxy) is 2. The molecule has 0 aromatic heterocycles. The zero-order valence-electron chi connectivity index (χ0n) is 19.6. The summed E-state index contributed by atoms with van der Waals surface area (Å²) in [5.74, 6) is 2.46. The maximum atomic E-state index is 9.43. The van der Waals surface area contributed by atoms with Gasteiger partial charge in [-0.1, -0.05) is 12.1 Å². The highest BCUT2D eigenvalue weighted by molar-refractivity contribution is 14.0. The molecule has 0 bridgehead atoms. The molecule has 32 heavy (non-hydrogen) atoms. The first kappa shape index (κ1) is 27.1. The Balaban J connectivity index is 0.00000363. The Morgan fingerprint density at radius 1 is 1.25 bits per heavy atom. The number of nitrogens with one attached hydrogen (secondary N) is 2. The highest BCUT2D eigenvalue weighted by atomic mass is 127. The lowest BCUT2D eigenvalue weighted by molar-refractivity contribution is 0.131. The lowest BCUT2D eigenvalue weighted by Crippen LogP contribution is -2.43. The average Bonchev–Trinajstić information content (AvgIpc) is 3.26. The first-order valence-electron chi connectivity index (χ1n) is 11.7. The number of halogens is 1. The number of nitrogens with zero attached hydrogens (tertiary/aromatic N) is 2. The smallest absolute Gasteiger partial charge is 0.191 e. The van der Waals surface area contributed by atoms with Gasteiger partial charge in [-0.3, -0.25) is 9.89 Å². The Bertz CT molecular complexity index is 672. The van der Waals surface area contributed by atoms with Crippen LogP contribution in [-0.4, -0.2) is 75.6 Å². The second-order valence-electron chi connectivity index (χ2n) is 8.92. The number of benzene rings is 1. The van der Waals surface area contributed by atoms with Gasteiger partial charge in [0.05, 0.1) is 20.3 Å². The van der Waals surface area contributed by atoms with E-state index < -0.39 is 0 Å². The van der Waals surface area contributed by atoms with Gasteiger partial charge in [0.15, 0.2) is 5.96 Å². The Kier molecular flexibility index (Phi) is 12.1. The number of aliphatic imine (C=N–C) groups is 1. The SMILES string of the molecule is CCNC(=NCC1(CCO)CCOC1)NCC1CCN(Cc2ccc(OC)cc2)CC1.I. The predicted molar refractivity (Wildman–Crippen MR) is 140 cm³/mol. The summed E-state index contributed by atoms with van der Waals surface area (Å²) in [4.78, 5) is 7.38. The van der Waals surface area contributed by atoms with Gasteiger partial charge in [0, 0.05) is 38.3 Å². The van der Waals surface area contributed by atoms with E-state index >= 15 is 0 Å². The molecule has 2 saturated heterocycles. The number of aliphatic hydroxyl groups excluding tert-OH is 1. The van der Waals surface area contributed by atoms with Gasteiger partial charge in [-0.05, 0) is 69.3 Å². The molecule has 2 aliphatic heterocycles. The third kappa shape index (κ3) is 8.35. The summed E-state index contributed by atoms with van der Waals surface area (Å²) in [6, 6.07) is 8.39. The highest BCUT2D eigenvalue weighted by Crippen LogP contribution is 2.32. The van der Waals surface area contributed by atoms with E-state index in [2.05, 4.69) is 34.6 Å². The van der Waals surface area contributed by atoms with Crippen LogP contribution in [0, 0.1) is 11.3 Å². The van der Waals surface area contributed by atoms with Gasteiger partial charge in [0.25, 0.3) is 0 Å². The largest absolute Gasteiger partial charge is 0.497 e. The lowest BCUT2D eigenvalue weighted by atomic mass is 9.84. The van der Waals surface area contributed by atoms with Gasteiger partial charge < -0.3 is 25.2 Å². The Morgan fingerprint density at radius 3 is 2.59 bits per heavy atom. The molecule has 2 fully saturated rings. The molecule has 0 saturated carbocycles. The molecule has 3 N–H and O–H groups in total. The van der Waals surface area contributed by atoms with Gasteiger partial charge in [0.1, 0.15) is 5.75 Å². The number of methoxy groups -OCH3 is 1. The second-order valence-corrected chi connectivity index (χ2v) is 8.92. The van der Waals surface area contributed by atoms with E-state index in [1.807, 2.05) is 12.1 Å². The normalized spacial score (nSPS) is 22.4. The van der Waals surface area contributed by atoms with E-state index in [1.165, 1.54) is 18.4 Å². The van der Waals surface area contributed by atoms with Crippen molar-refractivity contribution in [2.45, 2.75) is 39.2 Å². The van der Waals surface area contributed by atoms with Crippen molar-refractivity contribution in [3.8, 4) is 5.75 Å². The maximum Gasteiger partial charge on any atom is 0.191 e. The average molecular weight is 561 g/mol. The molecule has 0 radical (unpaired) electrons. The lowest BCUT2D eigenvalue weighted by Gasteiger charge is -2.32. The van der Waals surface area contributed by atoms with Crippen molar-refractivity contribution in [3.63, 3.8) is 0 Å². The van der Waals surface area contributed by atoms with E-state index in [4.69, 9.17) is 14.5 Å². The molecule has 8 heteroatoms. The molecule has 0 aliphatic carbocycles. The van der Waals surface area contributed by atoms with Crippen LogP contribution >= 0.6 is 24.0 Å². The molecular weight excluding hydrogens is 519 g/mol. The molecule has 1 unspecified atom stereocenters. The molecule has 3 rings (SSSR count). The molecule has 1 atom stereocenters. The van der Waals surface area contributed by atoms with Crippen LogP contribution in [0.5, 0.6) is 5.75 Å². The zero-order chi connectivity index (χ0) is 21.9. The Morgan fingerprint density at radius 2 is 2.00 bits per heavy atom. The van der Waals surface area contributed by atoms with Crippen LogP contribution in [0.15, 0.2) is 29.3 Å². The third-order valence-electron chi connectivity index (χ3n) is 6.57. The van der Waals surface area contributed by atoms with Crippen molar-refractivity contribution in [3.05, 3.63) is 29.8 Å². The van der Waals surface area contributed by atoms with E-state index in [0.717, 1.165) is 63.9 Å². The van der Waals surface area contributed by atoms with Crippen molar-refractivity contribution < 1.29 is 14.6 Å². The van der Waals surface area contributed by atoms with Crippen LogP contribution in [0.25, 0.3) is 0 Å². The first-order valence-corrected chi connectivity index (χ1v) is 11.7. The topological polar surface area (TPSA) is 78.4 Å². The summed E-state index contributed by atoms with van der Waals surface area (Å²) in [5.41, 5.74) is 1.33. The van der Waals surface area contributed by atoms with Gasteiger partial charge in [-0.2, -0.15) is 0 Å². The molecule has 7 nitrogen and oxygen atoms in total. The van der Waals surface area contributed by atoms with E-state index in [-0.39, 0.29) is 36.0 Å². The van der Waals surface area contributed by atoms with Crippen LogP contribution in [0.4, 0.5) is 0 Å². The Hall–Kier alpha value is -1.10. The highest BCUT2D eigenvalue weighted by Gasteiger charge is 2.34. The van der Waals surface area contributed by atoms with Crippen LogP contribution < -0.4 is 15.4 Å². The summed E-state index contributed by atoms with van der Waals surface area (Å²) in [6.07, 6.45) is 4.13. The molecule has 2 heterocycles. The van der Waals surface area contributed by atoms with Gasteiger partial charge in [0.2, 0.25) is 0 Å². The minimum Gasteiger partial charge on any atom is -0.497 e. The van der Waals surface area contributed by atoms with E-state index in [1.54, 1.807) is 7.11 Å². The third-order valence-corrected chi connectivity index (χ3v) is 6.57. The number of hydrogen-bond donors (Lipinski definition) is 3. The van der Waals surface area contributed by atoms with Crippen molar-refractivity contribution in [2.24, 2.45) is 16.3 Å². The summed E-state index contributed by atoms with van der Waals surface area (Å²) < 4.78 is 10.8. The summed E-state index contributed by atoms with van der Waals surface area (Å²) >= 11 is 0. The van der Waals surface area contributed by atoms with Gasteiger partial charge >= 0.3 is 0 Å². The van der Waals surface area contributed by atoms with Crippen LogP contribution in [0.1, 0.15) is 38.2 Å². The minimum atomic E-state index is -0.0100. The molecule has 1 aromatic rings. The fraction of sp³-hybridized carbons (Fsp3) is 0.708. The van der Waals surface area contributed by atoms with Crippen LogP contribution in [-0.2, 0) is 11.3 Å². The minimum absolute atomic E-state index is 0. The molecule has 1 aromatic carbocycles. The van der Waals surface area contributed by atoms with Crippen molar-refractivity contribution in [1.82, 2.24) is 15.5 Å². The van der Waals surface area contributed by atoms with Crippen LogP contribution in [0.3, 0.4) is 0 Å². The number of piperidine rings is 1. The quantitative estimate of drug-likeness (QED) is 0.232. The van der Waals surface area contributed by atoms with Gasteiger partial charge in [-0.15, -0.1) is 24.0 Å². The molecule has 0 amide bonds. The molecule has 2 aliphatic rings. The molecule has 182 valence electrons. The maximum absolute atomic E-state index is 9.43. The predicted octanol–water partition coefficient (Wildman–Crippen LogP) is 2.87. The number of hydrogen-bond acceptors (Lipinski definition) is 5. The second kappa shape index (κ2) is 14.2. The van der Waals surface area contributed by atoms with Crippen molar-refractivity contribution in [1.29, 1.82) is 0 Å². The molecule has 0 spiro atoms. The van der Waals surface area contributed by atoms with Gasteiger partial charge in [-0.25, -0.2) is 0 Å².